The van der Waals surface area contributed by atoms with Crippen molar-refractivity contribution < 1.29 is 4.74 Å². The van der Waals surface area contributed by atoms with Crippen molar-refractivity contribution in [3.05, 3.63) is 20.8 Å². The minimum absolute atomic E-state index is 0.0318. The molecule has 86 valence electrons. The smallest absolute Gasteiger partial charge is 0.0828 e. The number of ether oxygens (including phenoxy) is 1. The summed E-state index contributed by atoms with van der Waals surface area (Å²) in [5, 5.41) is 2.04. The molecule has 0 saturated carbocycles. The lowest BCUT2D eigenvalue weighted by atomic mass is 9.99. The van der Waals surface area contributed by atoms with Crippen LogP contribution in [0.4, 0.5) is 0 Å². The van der Waals surface area contributed by atoms with Gasteiger partial charge < -0.3 is 4.74 Å². The van der Waals surface area contributed by atoms with Crippen LogP contribution in [0, 0.1) is 5.92 Å². The van der Waals surface area contributed by atoms with E-state index in [0.29, 0.717) is 5.92 Å². The van der Waals surface area contributed by atoms with Gasteiger partial charge in [-0.15, -0.1) is 11.3 Å². The van der Waals surface area contributed by atoms with E-state index in [1.165, 1.54) is 4.88 Å². The summed E-state index contributed by atoms with van der Waals surface area (Å²) >= 11 is 5.19. The second-order valence-corrected chi connectivity index (χ2v) is 5.52. The third-order valence-electron chi connectivity index (χ3n) is 2.36. The minimum Gasteiger partial charge on any atom is -0.379 e. The van der Waals surface area contributed by atoms with E-state index < -0.39 is 0 Å². The molecule has 0 fully saturated rings. The van der Waals surface area contributed by atoms with Gasteiger partial charge in [0.15, 0.2) is 0 Å². The molecule has 0 bridgehead atoms. The average molecular weight is 293 g/mol. The second-order valence-electron chi connectivity index (χ2n) is 3.72. The molecule has 0 radical (unpaired) electrons. The molecule has 0 aliphatic heterocycles. The number of rotatable bonds is 5. The first-order chi connectivity index (χ1) is 7.11. The van der Waals surface area contributed by atoms with Crippen LogP contribution in [-0.2, 0) is 4.74 Å². The van der Waals surface area contributed by atoms with Gasteiger partial charge in [-0.05, 0) is 33.3 Å². The van der Waals surface area contributed by atoms with Crippen molar-refractivity contribution in [3.8, 4) is 0 Å². The maximum Gasteiger partial charge on any atom is 0.0828 e. The Kier molecular flexibility index (Phi) is 5.22. The maximum atomic E-state index is 5.60. The zero-order valence-electron chi connectivity index (χ0n) is 9.16. The van der Waals surface area contributed by atoms with E-state index in [2.05, 4.69) is 35.2 Å². The summed E-state index contributed by atoms with van der Waals surface area (Å²) in [5.41, 5.74) is 2.83. The van der Waals surface area contributed by atoms with Crippen molar-refractivity contribution in [2.24, 2.45) is 11.8 Å². The lowest BCUT2D eigenvalue weighted by Crippen LogP contribution is -2.39. The molecule has 1 aromatic rings. The molecule has 1 heterocycles. The Labute approximate surface area is 103 Å². The second kappa shape index (κ2) is 5.96. The molecule has 15 heavy (non-hydrogen) atoms. The first-order valence-corrected chi connectivity index (χ1v) is 6.50. The van der Waals surface area contributed by atoms with Crippen LogP contribution in [0.1, 0.15) is 24.8 Å². The van der Waals surface area contributed by atoms with Crippen LogP contribution < -0.4 is 11.3 Å². The van der Waals surface area contributed by atoms with E-state index in [-0.39, 0.29) is 12.1 Å². The van der Waals surface area contributed by atoms with E-state index in [0.717, 1.165) is 4.47 Å². The number of nitrogens with two attached hydrogens (primary N) is 1. The zero-order valence-corrected chi connectivity index (χ0v) is 11.6. The summed E-state index contributed by atoms with van der Waals surface area (Å²) in [5.74, 6) is 6.01. The quantitative estimate of drug-likeness (QED) is 0.648. The Morgan fingerprint density at radius 1 is 1.53 bits per heavy atom. The summed E-state index contributed by atoms with van der Waals surface area (Å²) in [4.78, 5) is 1.18. The topological polar surface area (TPSA) is 47.3 Å². The molecule has 0 aliphatic rings. The van der Waals surface area contributed by atoms with E-state index in [4.69, 9.17) is 10.6 Å². The Morgan fingerprint density at radius 3 is 2.53 bits per heavy atom. The van der Waals surface area contributed by atoms with Crippen molar-refractivity contribution >= 4 is 27.3 Å². The van der Waals surface area contributed by atoms with E-state index >= 15 is 0 Å². The molecular formula is C10H17BrN2OS. The minimum atomic E-state index is 0.0318. The van der Waals surface area contributed by atoms with Gasteiger partial charge in [0.1, 0.15) is 0 Å². The fourth-order valence-electron chi connectivity index (χ4n) is 1.64. The van der Waals surface area contributed by atoms with Gasteiger partial charge in [0.05, 0.1) is 12.1 Å². The molecule has 0 amide bonds. The highest BCUT2D eigenvalue weighted by Gasteiger charge is 2.27. The average Bonchev–Trinajstić information content (AvgIpc) is 2.60. The van der Waals surface area contributed by atoms with Crippen LogP contribution >= 0.6 is 27.3 Å². The van der Waals surface area contributed by atoms with Gasteiger partial charge in [-0.1, -0.05) is 13.8 Å². The van der Waals surface area contributed by atoms with Crippen LogP contribution in [-0.4, -0.2) is 13.2 Å². The fraction of sp³-hybridized carbons (Fsp3) is 0.600. The number of thiophene rings is 1. The van der Waals surface area contributed by atoms with Crippen molar-refractivity contribution in [2.45, 2.75) is 26.0 Å². The lowest BCUT2D eigenvalue weighted by Gasteiger charge is -2.28. The van der Waals surface area contributed by atoms with Crippen LogP contribution in [0.5, 0.6) is 0 Å². The van der Waals surface area contributed by atoms with Gasteiger partial charge in [0.25, 0.3) is 0 Å². The van der Waals surface area contributed by atoms with Gasteiger partial charge in [0.2, 0.25) is 0 Å². The summed E-state index contributed by atoms with van der Waals surface area (Å²) in [6.07, 6.45) is 0.0740. The molecule has 0 spiro atoms. The van der Waals surface area contributed by atoms with Crippen LogP contribution in [0.3, 0.4) is 0 Å². The summed E-state index contributed by atoms with van der Waals surface area (Å²) < 4.78 is 6.57. The van der Waals surface area contributed by atoms with Crippen molar-refractivity contribution in [3.63, 3.8) is 0 Å². The molecule has 1 rings (SSSR count). The van der Waals surface area contributed by atoms with Gasteiger partial charge in [-0.3, -0.25) is 5.84 Å². The molecule has 0 aliphatic carbocycles. The number of hydrogen-bond acceptors (Lipinski definition) is 4. The third-order valence-corrected chi connectivity index (χ3v) is 4.32. The number of hydrazine groups is 1. The Balaban J connectivity index is 2.92. The predicted octanol–water partition coefficient (Wildman–Crippen LogP) is 2.69. The summed E-state index contributed by atoms with van der Waals surface area (Å²) in [6.45, 7) is 4.25. The highest BCUT2D eigenvalue weighted by molar-refractivity contribution is 9.10. The SMILES string of the molecule is COC(C(C)C)C(NN)c1sccc1Br. The molecule has 3 N–H and O–H groups in total. The van der Waals surface area contributed by atoms with E-state index in [9.17, 15) is 0 Å². The monoisotopic (exact) mass is 292 g/mol. The first kappa shape index (κ1) is 13.1. The normalized spacial score (nSPS) is 15.6. The van der Waals surface area contributed by atoms with Crippen LogP contribution in [0.15, 0.2) is 15.9 Å². The molecule has 2 unspecified atom stereocenters. The number of nitrogens with one attached hydrogen (secondary N) is 1. The predicted molar refractivity (Wildman–Crippen MR) is 67.7 cm³/mol. The highest BCUT2D eigenvalue weighted by Crippen LogP contribution is 2.33. The molecule has 0 aromatic carbocycles. The Bertz CT molecular complexity index is 303. The summed E-state index contributed by atoms with van der Waals surface area (Å²) in [7, 11) is 1.72. The van der Waals surface area contributed by atoms with Crippen molar-refractivity contribution in [1.82, 2.24) is 5.43 Å². The molecule has 0 saturated heterocycles. The van der Waals surface area contributed by atoms with Gasteiger partial charge in [-0.25, -0.2) is 5.43 Å². The van der Waals surface area contributed by atoms with Crippen molar-refractivity contribution in [1.29, 1.82) is 0 Å². The van der Waals surface area contributed by atoms with E-state index in [1.54, 1.807) is 18.4 Å². The highest BCUT2D eigenvalue weighted by atomic mass is 79.9. The van der Waals surface area contributed by atoms with Crippen LogP contribution in [0.25, 0.3) is 0 Å². The first-order valence-electron chi connectivity index (χ1n) is 4.83. The number of halogens is 1. The molecule has 5 heteroatoms. The molecular weight excluding hydrogens is 276 g/mol. The Morgan fingerprint density at radius 2 is 2.20 bits per heavy atom. The van der Waals surface area contributed by atoms with Crippen LogP contribution in [0.2, 0.25) is 0 Å². The number of hydrogen-bond donors (Lipinski definition) is 2. The fourth-order valence-corrected chi connectivity index (χ4v) is 3.35. The lowest BCUT2D eigenvalue weighted by molar-refractivity contribution is 0.0334. The van der Waals surface area contributed by atoms with Gasteiger partial charge >= 0.3 is 0 Å². The third kappa shape index (κ3) is 3.01. The molecule has 2 atom stereocenters. The molecule has 3 nitrogen and oxygen atoms in total. The van der Waals surface area contributed by atoms with Gasteiger partial charge in [-0.2, -0.15) is 0 Å². The summed E-state index contributed by atoms with van der Waals surface area (Å²) in [6, 6.07) is 2.06. The maximum absolute atomic E-state index is 5.60. The zero-order chi connectivity index (χ0) is 11.4. The van der Waals surface area contributed by atoms with Crippen molar-refractivity contribution in [2.75, 3.05) is 7.11 Å². The van der Waals surface area contributed by atoms with E-state index in [1.807, 2.05) is 11.4 Å². The van der Waals surface area contributed by atoms with Gasteiger partial charge in [0, 0.05) is 16.5 Å². The largest absolute Gasteiger partial charge is 0.379 e. The number of methoxy groups -OCH3 is 1. The molecule has 1 aromatic heterocycles. The standard InChI is InChI=1S/C10H17BrN2OS/c1-6(2)9(14-3)8(13-12)10-7(11)4-5-15-10/h4-6,8-9,13H,12H2,1-3H3. The Hall–Kier alpha value is 0.0600.